The molecule has 2 aromatic carbocycles. The van der Waals surface area contributed by atoms with Crippen molar-refractivity contribution in [3.8, 4) is 17.2 Å². The van der Waals surface area contributed by atoms with Gasteiger partial charge in [0.1, 0.15) is 5.82 Å². The molecule has 0 unspecified atom stereocenters. The summed E-state index contributed by atoms with van der Waals surface area (Å²) in [6, 6.07) is 8.06. The van der Waals surface area contributed by atoms with Gasteiger partial charge in [0.15, 0.2) is 17.3 Å². The molecule has 0 atom stereocenters. The van der Waals surface area contributed by atoms with Gasteiger partial charge in [-0.2, -0.15) is 0 Å². The van der Waals surface area contributed by atoms with Crippen LogP contribution in [0.4, 0.5) is 4.39 Å². The van der Waals surface area contributed by atoms with E-state index in [1.54, 1.807) is 0 Å². The van der Waals surface area contributed by atoms with E-state index in [-0.39, 0.29) is 28.4 Å². The Morgan fingerprint density at radius 1 is 1.00 bits per heavy atom. The number of carbonyl (C=O) groups excluding carboxylic acids is 2. The van der Waals surface area contributed by atoms with Crippen LogP contribution in [0, 0.1) is 5.82 Å². The van der Waals surface area contributed by atoms with Crippen molar-refractivity contribution in [2.24, 2.45) is 0 Å². The van der Waals surface area contributed by atoms with Gasteiger partial charge in [-0.15, -0.1) is 0 Å². The van der Waals surface area contributed by atoms with Crippen LogP contribution < -0.4 is 14.2 Å². The highest BCUT2D eigenvalue weighted by molar-refractivity contribution is 6.00. The fraction of sp³-hybridized carbons (Fsp3) is 0.176. The van der Waals surface area contributed by atoms with Crippen LogP contribution in [0.25, 0.3) is 0 Å². The number of halogens is 1. The molecule has 6 heteroatoms. The van der Waals surface area contributed by atoms with E-state index >= 15 is 0 Å². The van der Waals surface area contributed by atoms with E-state index < -0.39 is 11.8 Å². The normalized spacial score (nSPS) is 10.1. The first-order valence-electron chi connectivity index (χ1n) is 6.71. The Kier molecular flexibility index (Phi) is 4.95. The second-order valence-electron chi connectivity index (χ2n) is 4.63. The second kappa shape index (κ2) is 6.91. The van der Waals surface area contributed by atoms with Gasteiger partial charge in [0.05, 0.1) is 25.3 Å². The zero-order valence-corrected chi connectivity index (χ0v) is 12.9. The fourth-order valence-corrected chi connectivity index (χ4v) is 2.04. The van der Waals surface area contributed by atoms with E-state index in [0.29, 0.717) is 5.75 Å². The number of Topliss-reactive ketones (excluding diaryl/α,β-unsaturated/α-hetero) is 1. The summed E-state index contributed by atoms with van der Waals surface area (Å²) in [5.41, 5.74) is 0.178. The van der Waals surface area contributed by atoms with Crippen molar-refractivity contribution in [2.45, 2.75) is 6.92 Å². The molecule has 0 fully saturated rings. The van der Waals surface area contributed by atoms with Gasteiger partial charge in [-0.3, -0.25) is 4.79 Å². The lowest BCUT2D eigenvalue weighted by atomic mass is 10.1. The molecule has 0 heterocycles. The Balaban J connectivity index is 2.48. The molecular weight excluding hydrogens is 303 g/mol. The number of esters is 1. The maximum atomic E-state index is 13.2. The maximum absolute atomic E-state index is 13.2. The maximum Gasteiger partial charge on any atom is 0.343 e. The third kappa shape index (κ3) is 3.48. The Hall–Kier alpha value is -2.89. The highest BCUT2D eigenvalue weighted by Gasteiger charge is 2.22. The number of ketones is 1. The lowest BCUT2D eigenvalue weighted by Crippen LogP contribution is -2.12. The number of carbonyl (C=O) groups is 2. The molecule has 23 heavy (non-hydrogen) atoms. The minimum absolute atomic E-state index is 0.0179. The number of benzene rings is 2. The Morgan fingerprint density at radius 2 is 1.74 bits per heavy atom. The predicted molar refractivity (Wildman–Crippen MR) is 80.9 cm³/mol. The Bertz CT molecular complexity index is 755. The van der Waals surface area contributed by atoms with Crippen molar-refractivity contribution in [1.82, 2.24) is 0 Å². The van der Waals surface area contributed by atoms with Gasteiger partial charge in [-0.1, -0.05) is 6.07 Å². The van der Waals surface area contributed by atoms with E-state index in [1.165, 1.54) is 51.5 Å². The van der Waals surface area contributed by atoms with E-state index in [9.17, 15) is 14.0 Å². The van der Waals surface area contributed by atoms with Gasteiger partial charge in [0.2, 0.25) is 5.75 Å². The zero-order chi connectivity index (χ0) is 17.0. The van der Waals surface area contributed by atoms with Gasteiger partial charge in [-0.25, -0.2) is 9.18 Å². The SMILES string of the molecule is COc1ccc(C(C)=O)c(OC(=O)c2cccc(F)c2)c1OC. The molecule has 2 rings (SSSR count). The second-order valence-corrected chi connectivity index (χ2v) is 4.63. The molecule has 0 amide bonds. The van der Waals surface area contributed by atoms with Crippen LogP contribution >= 0.6 is 0 Å². The van der Waals surface area contributed by atoms with Crippen molar-refractivity contribution >= 4 is 11.8 Å². The number of rotatable bonds is 5. The van der Waals surface area contributed by atoms with Crippen LogP contribution in [0.1, 0.15) is 27.6 Å². The van der Waals surface area contributed by atoms with Crippen molar-refractivity contribution in [2.75, 3.05) is 14.2 Å². The third-order valence-electron chi connectivity index (χ3n) is 3.13. The van der Waals surface area contributed by atoms with Crippen LogP contribution in [0.2, 0.25) is 0 Å². The smallest absolute Gasteiger partial charge is 0.343 e. The molecular formula is C17H15FO5. The fourth-order valence-electron chi connectivity index (χ4n) is 2.04. The molecule has 5 nitrogen and oxygen atoms in total. The predicted octanol–water partition coefficient (Wildman–Crippen LogP) is 3.26. The minimum Gasteiger partial charge on any atom is -0.493 e. The Labute approximate surface area is 132 Å². The molecule has 2 aromatic rings. The summed E-state index contributed by atoms with van der Waals surface area (Å²) in [6.45, 7) is 1.33. The van der Waals surface area contributed by atoms with Crippen molar-refractivity contribution in [3.05, 3.63) is 53.3 Å². The van der Waals surface area contributed by atoms with Crippen molar-refractivity contribution in [3.63, 3.8) is 0 Å². The molecule has 0 saturated carbocycles. The topological polar surface area (TPSA) is 61.8 Å². The van der Waals surface area contributed by atoms with Crippen LogP contribution in [-0.2, 0) is 0 Å². The molecule has 0 aliphatic heterocycles. The lowest BCUT2D eigenvalue weighted by molar-refractivity contribution is 0.0726. The molecule has 0 aromatic heterocycles. The van der Waals surface area contributed by atoms with E-state index in [1.807, 2.05) is 0 Å². The van der Waals surface area contributed by atoms with Crippen LogP contribution in [0.5, 0.6) is 17.2 Å². The first kappa shape index (κ1) is 16.5. The van der Waals surface area contributed by atoms with Crippen molar-refractivity contribution < 1.29 is 28.2 Å². The molecule has 0 spiro atoms. The zero-order valence-electron chi connectivity index (χ0n) is 12.9. The van der Waals surface area contributed by atoms with E-state index in [0.717, 1.165) is 6.07 Å². The standard InChI is InChI=1S/C17H15FO5/c1-10(19)13-7-8-14(21-2)16(22-3)15(13)23-17(20)11-5-4-6-12(18)9-11/h4-9H,1-3H3. The summed E-state index contributed by atoms with van der Waals surface area (Å²) >= 11 is 0. The Morgan fingerprint density at radius 3 is 2.30 bits per heavy atom. The molecule has 120 valence electrons. The first-order chi connectivity index (χ1) is 11.0. The summed E-state index contributed by atoms with van der Waals surface area (Å²) in [5.74, 6) is -1.33. The molecule has 0 saturated heterocycles. The van der Waals surface area contributed by atoms with Crippen LogP contribution in [0.3, 0.4) is 0 Å². The summed E-state index contributed by atoms with van der Waals surface area (Å²) in [7, 11) is 2.78. The molecule has 0 bridgehead atoms. The van der Waals surface area contributed by atoms with Crippen LogP contribution in [0.15, 0.2) is 36.4 Å². The molecule has 0 aliphatic rings. The number of methoxy groups -OCH3 is 2. The minimum atomic E-state index is -0.807. The lowest BCUT2D eigenvalue weighted by Gasteiger charge is -2.15. The molecule has 0 aliphatic carbocycles. The van der Waals surface area contributed by atoms with Gasteiger partial charge in [0, 0.05) is 0 Å². The molecule has 0 radical (unpaired) electrons. The highest BCUT2D eigenvalue weighted by atomic mass is 19.1. The average Bonchev–Trinajstić information content (AvgIpc) is 2.53. The van der Waals surface area contributed by atoms with Crippen LogP contribution in [-0.4, -0.2) is 26.0 Å². The average molecular weight is 318 g/mol. The van der Waals surface area contributed by atoms with E-state index in [2.05, 4.69) is 0 Å². The summed E-state index contributed by atoms with van der Waals surface area (Å²) < 4.78 is 28.8. The monoisotopic (exact) mass is 318 g/mol. The van der Waals surface area contributed by atoms with Gasteiger partial charge >= 0.3 is 5.97 Å². The first-order valence-corrected chi connectivity index (χ1v) is 6.71. The summed E-state index contributed by atoms with van der Waals surface area (Å²) in [5, 5.41) is 0. The summed E-state index contributed by atoms with van der Waals surface area (Å²) in [4.78, 5) is 24.0. The summed E-state index contributed by atoms with van der Waals surface area (Å²) in [6.07, 6.45) is 0. The number of hydrogen-bond donors (Lipinski definition) is 0. The van der Waals surface area contributed by atoms with Gasteiger partial charge in [0.25, 0.3) is 0 Å². The molecule has 0 N–H and O–H groups in total. The van der Waals surface area contributed by atoms with E-state index in [4.69, 9.17) is 14.2 Å². The number of hydrogen-bond acceptors (Lipinski definition) is 5. The quantitative estimate of drug-likeness (QED) is 0.481. The van der Waals surface area contributed by atoms with Gasteiger partial charge in [-0.05, 0) is 37.3 Å². The number of ether oxygens (including phenoxy) is 3. The third-order valence-corrected chi connectivity index (χ3v) is 3.13. The highest BCUT2D eigenvalue weighted by Crippen LogP contribution is 2.40. The van der Waals surface area contributed by atoms with Crippen molar-refractivity contribution in [1.29, 1.82) is 0 Å². The largest absolute Gasteiger partial charge is 0.493 e. The van der Waals surface area contributed by atoms with Gasteiger partial charge < -0.3 is 14.2 Å².